The van der Waals surface area contributed by atoms with E-state index in [1.54, 1.807) is 0 Å². The molecule has 0 radical (unpaired) electrons. The van der Waals surface area contributed by atoms with Gasteiger partial charge in [0.2, 0.25) is 0 Å². The normalized spacial score (nSPS) is 11.4. The van der Waals surface area contributed by atoms with Gasteiger partial charge in [0.1, 0.15) is 0 Å². The summed E-state index contributed by atoms with van der Waals surface area (Å²) in [6, 6.07) is 9.27. The van der Waals surface area contributed by atoms with Gasteiger partial charge in [-0.15, -0.1) is 0 Å². The Morgan fingerprint density at radius 1 is 1.05 bits per heavy atom. The maximum atomic E-state index is 11.9. The number of hydrazone groups is 1. The zero-order valence-electron chi connectivity index (χ0n) is 13.6. The number of carbonyl (C=O) groups is 2. The third-order valence-electron chi connectivity index (χ3n) is 3.25. The van der Waals surface area contributed by atoms with E-state index >= 15 is 0 Å². The van der Waals surface area contributed by atoms with Crippen molar-refractivity contribution in [1.29, 1.82) is 0 Å². The molecule has 0 aliphatic heterocycles. The zero-order valence-corrected chi connectivity index (χ0v) is 13.6. The van der Waals surface area contributed by atoms with Crippen molar-refractivity contribution in [2.75, 3.05) is 0 Å². The average Bonchev–Trinajstić information content (AvgIpc) is 2.53. The molecule has 120 valence electrons. The van der Waals surface area contributed by atoms with Crippen LogP contribution in [0.3, 0.4) is 0 Å². The molecule has 0 bridgehead atoms. The van der Waals surface area contributed by atoms with Gasteiger partial charge in [-0.1, -0.05) is 57.0 Å². The van der Waals surface area contributed by atoms with Crippen molar-refractivity contribution in [2.24, 2.45) is 5.10 Å². The molecule has 0 saturated carbocycles. The Labute approximate surface area is 132 Å². The first-order chi connectivity index (χ1) is 10.6. The van der Waals surface area contributed by atoms with Crippen LogP contribution in [0.4, 0.5) is 0 Å². The minimum absolute atomic E-state index is 0.228. The fourth-order valence-electron chi connectivity index (χ4n) is 2.08. The fraction of sp³-hybridized carbons (Fsp3) is 0.471. The van der Waals surface area contributed by atoms with E-state index in [9.17, 15) is 9.59 Å². The van der Waals surface area contributed by atoms with Crippen molar-refractivity contribution in [1.82, 2.24) is 10.7 Å². The van der Waals surface area contributed by atoms with Gasteiger partial charge in [-0.05, 0) is 25.3 Å². The van der Waals surface area contributed by atoms with Gasteiger partial charge in [0, 0.05) is 5.71 Å². The van der Waals surface area contributed by atoms with E-state index in [1.807, 2.05) is 37.3 Å². The Balaban J connectivity index is 2.54. The summed E-state index contributed by atoms with van der Waals surface area (Å²) in [5, 5.41) is 6.72. The van der Waals surface area contributed by atoms with E-state index in [-0.39, 0.29) is 6.04 Å². The minimum atomic E-state index is -0.729. The molecule has 0 unspecified atom stereocenters. The standard InChI is InChI=1S/C17H25N3O2/c1-4-9-15(10-5-2)19-20-17(22)16(21)18-13(3)14-11-7-6-8-12-14/h6-8,11-13H,4-5,9-10H2,1-3H3,(H,18,21)(H,20,22)/t13-/m0/s1. The smallest absolute Gasteiger partial charge is 0.329 e. The van der Waals surface area contributed by atoms with Crippen LogP contribution in [-0.4, -0.2) is 17.5 Å². The Hall–Kier alpha value is -2.17. The number of nitrogens with one attached hydrogen (secondary N) is 2. The molecular weight excluding hydrogens is 278 g/mol. The first-order valence-electron chi connectivity index (χ1n) is 7.79. The SMILES string of the molecule is CCCC(CCC)=NNC(=O)C(=O)N[C@@H](C)c1ccccc1. The van der Waals surface area contributed by atoms with Gasteiger partial charge < -0.3 is 5.32 Å². The van der Waals surface area contributed by atoms with E-state index in [4.69, 9.17) is 0 Å². The Morgan fingerprint density at radius 3 is 2.18 bits per heavy atom. The summed E-state index contributed by atoms with van der Waals surface area (Å²) in [4.78, 5) is 23.7. The molecule has 1 atom stereocenters. The molecular formula is C17H25N3O2. The van der Waals surface area contributed by atoms with Gasteiger partial charge in [0.15, 0.2) is 0 Å². The second-order valence-electron chi connectivity index (χ2n) is 5.22. The van der Waals surface area contributed by atoms with Gasteiger partial charge >= 0.3 is 11.8 Å². The highest BCUT2D eigenvalue weighted by Crippen LogP contribution is 2.10. The van der Waals surface area contributed by atoms with Crippen molar-refractivity contribution < 1.29 is 9.59 Å². The third kappa shape index (κ3) is 6.08. The summed E-state index contributed by atoms with van der Waals surface area (Å²) in [6.07, 6.45) is 3.59. The molecule has 0 aliphatic carbocycles. The maximum absolute atomic E-state index is 11.9. The first-order valence-corrected chi connectivity index (χ1v) is 7.79. The van der Waals surface area contributed by atoms with Crippen LogP contribution in [0, 0.1) is 0 Å². The van der Waals surface area contributed by atoms with Crippen LogP contribution in [0.1, 0.15) is 58.1 Å². The Morgan fingerprint density at radius 2 is 1.64 bits per heavy atom. The number of hydrogen-bond donors (Lipinski definition) is 2. The van der Waals surface area contributed by atoms with E-state index in [1.165, 1.54) is 0 Å². The number of carbonyl (C=O) groups excluding carboxylic acids is 2. The van der Waals surface area contributed by atoms with E-state index < -0.39 is 11.8 Å². The molecule has 0 spiro atoms. The lowest BCUT2D eigenvalue weighted by Crippen LogP contribution is -2.39. The number of rotatable bonds is 7. The van der Waals surface area contributed by atoms with Gasteiger partial charge in [-0.2, -0.15) is 5.10 Å². The van der Waals surface area contributed by atoms with E-state index in [2.05, 4.69) is 29.7 Å². The largest absolute Gasteiger partial charge is 0.341 e. The van der Waals surface area contributed by atoms with Crippen molar-refractivity contribution in [3.63, 3.8) is 0 Å². The monoisotopic (exact) mass is 303 g/mol. The van der Waals surface area contributed by atoms with Crippen LogP contribution in [-0.2, 0) is 9.59 Å². The molecule has 2 N–H and O–H groups in total. The van der Waals surface area contributed by atoms with Gasteiger partial charge in [0.05, 0.1) is 6.04 Å². The number of nitrogens with zero attached hydrogens (tertiary/aromatic N) is 1. The first kappa shape index (κ1) is 17.9. The average molecular weight is 303 g/mol. The third-order valence-corrected chi connectivity index (χ3v) is 3.25. The second kappa shape index (κ2) is 9.71. The highest BCUT2D eigenvalue weighted by atomic mass is 16.2. The van der Waals surface area contributed by atoms with Crippen LogP contribution in [0.2, 0.25) is 0 Å². The van der Waals surface area contributed by atoms with Crippen LogP contribution in [0.5, 0.6) is 0 Å². The van der Waals surface area contributed by atoms with E-state index in [0.717, 1.165) is 37.0 Å². The molecule has 0 aromatic heterocycles. The number of hydrogen-bond acceptors (Lipinski definition) is 3. The number of benzene rings is 1. The van der Waals surface area contributed by atoms with Crippen molar-refractivity contribution in [3.05, 3.63) is 35.9 Å². The molecule has 1 aromatic rings. The summed E-state index contributed by atoms with van der Waals surface area (Å²) >= 11 is 0. The second-order valence-corrected chi connectivity index (χ2v) is 5.22. The summed E-state index contributed by atoms with van der Waals surface area (Å²) in [5.74, 6) is -1.40. The summed E-state index contributed by atoms with van der Waals surface area (Å²) in [7, 11) is 0. The molecule has 22 heavy (non-hydrogen) atoms. The molecule has 0 saturated heterocycles. The molecule has 5 heteroatoms. The summed E-state index contributed by atoms with van der Waals surface area (Å²) < 4.78 is 0. The molecule has 1 rings (SSSR count). The van der Waals surface area contributed by atoms with Crippen molar-refractivity contribution in [3.8, 4) is 0 Å². The van der Waals surface area contributed by atoms with Crippen LogP contribution in [0.15, 0.2) is 35.4 Å². The quantitative estimate of drug-likeness (QED) is 0.462. The minimum Gasteiger partial charge on any atom is -0.341 e. The molecule has 2 amide bonds. The highest BCUT2D eigenvalue weighted by Gasteiger charge is 2.16. The lowest BCUT2D eigenvalue weighted by molar-refractivity contribution is -0.139. The topological polar surface area (TPSA) is 70.6 Å². The predicted molar refractivity (Wildman–Crippen MR) is 88.4 cm³/mol. The van der Waals surface area contributed by atoms with Gasteiger partial charge in [0.25, 0.3) is 0 Å². The fourth-order valence-corrected chi connectivity index (χ4v) is 2.08. The van der Waals surface area contributed by atoms with Crippen molar-refractivity contribution in [2.45, 2.75) is 52.5 Å². The highest BCUT2D eigenvalue weighted by molar-refractivity contribution is 6.35. The Kier molecular flexibility index (Phi) is 7.89. The van der Waals surface area contributed by atoms with Crippen LogP contribution in [0.25, 0.3) is 0 Å². The number of amides is 2. The van der Waals surface area contributed by atoms with E-state index in [0.29, 0.717) is 0 Å². The summed E-state index contributed by atoms with van der Waals surface area (Å²) in [6.45, 7) is 5.95. The lowest BCUT2D eigenvalue weighted by Gasteiger charge is -2.13. The molecule has 5 nitrogen and oxygen atoms in total. The molecule has 0 fully saturated rings. The lowest BCUT2D eigenvalue weighted by atomic mass is 10.1. The maximum Gasteiger partial charge on any atom is 0.329 e. The van der Waals surface area contributed by atoms with Gasteiger partial charge in [-0.3, -0.25) is 9.59 Å². The van der Waals surface area contributed by atoms with Crippen LogP contribution >= 0.6 is 0 Å². The zero-order chi connectivity index (χ0) is 16.4. The molecule has 0 heterocycles. The predicted octanol–water partition coefficient (Wildman–Crippen LogP) is 2.94. The molecule has 1 aromatic carbocycles. The summed E-state index contributed by atoms with van der Waals surface area (Å²) in [5.41, 5.74) is 4.21. The molecule has 0 aliphatic rings. The Bertz CT molecular complexity index is 504. The van der Waals surface area contributed by atoms with Crippen molar-refractivity contribution >= 4 is 17.5 Å². The van der Waals surface area contributed by atoms with Crippen LogP contribution < -0.4 is 10.7 Å². The van der Waals surface area contributed by atoms with Gasteiger partial charge in [-0.25, -0.2) is 5.43 Å².